The van der Waals surface area contributed by atoms with Gasteiger partial charge in [-0.15, -0.1) is 0 Å². The molecule has 0 amide bonds. The number of aliphatic hydroxyl groups excluding tert-OH is 1. The summed E-state index contributed by atoms with van der Waals surface area (Å²) in [6.45, 7) is 0.849. The van der Waals surface area contributed by atoms with E-state index in [1.165, 1.54) is 5.56 Å². The largest absolute Gasteiger partial charge is 0.395 e. The summed E-state index contributed by atoms with van der Waals surface area (Å²) in [5, 5.41) is 12.8. The van der Waals surface area contributed by atoms with Gasteiger partial charge in [-0.3, -0.25) is 0 Å². The van der Waals surface area contributed by atoms with Crippen molar-refractivity contribution < 1.29 is 5.11 Å². The summed E-state index contributed by atoms with van der Waals surface area (Å²) in [6.07, 6.45) is 4.45. The van der Waals surface area contributed by atoms with E-state index in [1.807, 2.05) is 36.0 Å². The van der Waals surface area contributed by atoms with Crippen LogP contribution in [-0.4, -0.2) is 27.3 Å². The van der Waals surface area contributed by atoms with Gasteiger partial charge in [0.2, 0.25) is 0 Å². The minimum absolute atomic E-state index is 0.0716. The molecule has 0 fully saturated rings. The van der Waals surface area contributed by atoms with Gasteiger partial charge >= 0.3 is 0 Å². The van der Waals surface area contributed by atoms with Gasteiger partial charge in [-0.1, -0.05) is 30.3 Å². The molecule has 1 aromatic carbocycles. The summed E-state index contributed by atoms with van der Waals surface area (Å²) in [6, 6.07) is 10.3. The van der Waals surface area contributed by atoms with E-state index in [-0.39, 0.29) is 12.6 Å². The van der Waals surface area contributed by atoms with Crippen molar-refractivity contribution in [3.63, 3.8) is 0 Å². The first-order chi connectivity index (χ1) is 8.79. The summed E-state index contributed by atoms with van der Waals surface area (Å²) in [5.74, 6) is 0. The lowest BCUT2D eigenvalue weighted by Gasteiger charge is -2.16. The van der Waals surface area contributed by atoms with Crippen LogP contribution in [-0.2, 0) is 20.0 Å². The lowest BCUT2D eigenvalue weighted by Crippen LogP contribution is -2.34. The predicted molar refractivity (Wildman–Crippen MR) is 71.1 cm³/mol. The molecule has 4 heteroatoms. The van der Waals surface area contributed by atoms with Gasteiger partial charge in [-0.2, -0.15) is 0 Å². The van der Waals surface area contributed by atoms with Gasteiger partial charge in [0.15, 0.2) is 0 Å². The summed E-state index contributed by atoms with van der Waals surface area (Å²) < 4.78 is 1.98. The molecule has 0 radical (unpaired) electrons. The maximum absolute atomic E-state index is 9.40. The number of aryl methyl sites for hydroxylation is 1. The molecule has 0 bridgehead atoms. The van der Waals surface area contributed by atoms with Crippen LogP contribution in [0.2, 0.25) is 0 Å². The average molecular weight is 245 g/mol. The van der Waals surface area contributed by atoms with E-state index in [0.717, 1.165) is 12.1 Å². The summed E-state index contributed by atoms with van der Waals surface area (Å²) in [5.41, 5.74) is 2.34. The third-order valence-corrected chi connectivity index (χ3v) is 3.03. The molecule has 1 heterocycles. The second kappa shape index (κ2) is 6.33. The zero-order valence-corrected chi connectivity index (χ0v) is 10.6. The van der Waals surface area contributed by atoms with E-state index in [4.69, 9.17) is 0 Å². The van der Waals surface area contributed by atoms with Crippen molar-refractivity contribution in [1.29, 1.82) is 0 Å². The Labute approximate surface area is 107 Å². The van der Waals surface area contributed by atoms with E-state index in [0.29, 0.717) is 6.54 Å². The smallest absolute Gasteiger partial charge is 0.0945 e. The number of aliphatic hydroxyl groups is 1. The highest BCUT2D eigenvalue weighted by Gasteiger charge is 2.08. The summed E-state index contributed by atoms with van der Waals surface area (Å²) in [7, 11) is 1.97. The lowest BCUT2D eigenvalue weighted by atomic mass is 10.1. The molecule has 2 rings (SSSR count). The number of rotatable bonds is 6. The minimum Gasteiger partial charge on any atom is -0.395 e. The van der Waals surface area contributed by atoms with E-state index >= 15 is 0 Å². The number of hydrogen-bond acceptors (Lipinski definition) is 3. The Morgan fingerprint density at radius 1 is 1.33 bits per heavy atom. The van der Waals surface area contributed by atoms with Crippen LogP contribution in [0.15, 0.2) is 42.9 Å². The maximum atomic E-state index is 9.40. The number of nitrogens with zero attached hydrogens (tertiary/aromatic N) is 2. The Morgan fingerprint density at radius 2 is 2.11 bits per heavy atom. The second-order valence-corrected chi connectivity index (χ2v) is 4.45. The molecule has 0 aliphatic carbocycles. The normalized spacial score (nSPS) is 12.6. The first-order valence-electron chi connectivity index (χ1n) is 6.13. The van der Waals surface area contributed by atoms with Crippen molar-refractivity contribution >= 4 is 0 Å². The van der Waals surface area contributed by atoms with Crippen molar-refractivity contribution in [3.8, 4) is 0 Å². The van der Waals surface area contributed by atoms with Gasteiger partial charge in [-0.05, 0) is 12.0 Å². The van der Waals surface area contributed by atoms with Crippen LogP contribution in [0.1, 0.15) is 11.3 Å². The molecular weight excluding hydrogens is 226 g/mol. The zero-order chi connectivity index (χ0) is 12.8. The third-order valence-electron chi connectivity index (χ3n) is 3.03. The van der Waals surface area contributed by atoms with Gasteiger partial charge in [0, 0.05) is 25.8 Å². The van der Waals surface area contributed by atoms with Crippen LogP contribution < -0.4 is 5.32 Å². The predicted octanol–water partition coefficient (Wildman–Crippen LogP) is 1.11. The topological polar surface area (TPSA) is 50.1 Å². The molecule has 1 aromatic heterocycles. The van der Waals surface area contributed by atoms with E-state index in [2.05, 4.69) is 22.4 Å². The fourth-order valence-corrected chi connectivity index (χ4v) is 1.90. The Kier molecular flexibility index (Phi) is 4.50. The molecule has 1 atom stereocenters. The second-order valence-electron chi connectivity index (χ2n) is 4.45. The number of aromatic nitrogens is 2. The summed E-state index contributed by atoms with van der Waals surface area (Å²) in [4.78, 5) is 4.07. The summed E-state index contributed by atoms with van der Waals surface area (Å²) >= 11 is 0. The van der Waals surface area contributed by atoms with Crippen LogP contribution in [0.4, 0.5) is 0 Å². The van der Waals surface area contributed by atoms with Gasteiger partial charge < -0.3 is 15.0 Å². The standard InChI is InChI=1S/C14H19N3O/c1-17-11-15-8-14(17)9-16-13(10-18)7-12-5-3-2-4-6-12/h2-6,8,11,13,16,18H,7,9-10H2,1H3/t13-/m0/s1. The monoisotopic (exact) mass is 245 g/mol. The Hall–Kier alpha value is -1.65. The zero-order valence-electron chi connectivity index (χ0n) is 10.6. The molecule has 2 aromatic rings. The first kappa shape index (κ1) is 12.8. The SMILES string of the molecule is Cn1cncc1CN[C@H](CO)Cc1ccccc1. The van der Waals surface area contributed by atoms with Crippen molar-refractivity contribution in [1.82, 2.24) is 14.9 Å². The quantitative estimate of drug-likeness (QED) is 0.801. The van der Waals surface area contributed by atoms with Crippen LogP contribution in [0.25, 0.3) is 0 Å². The number of imidazole rings is 1. The maximum Gasteiger partial charge on any atom is 0.0945 e. The molecule has 0 spiro atoms. The first-order valence-corrected chi connectivity index (χ1v) is 6.13. The third kappa shape index (κ3) is 3.42. The van der Waals surface area contributed by atoms with Gasteiger partial charge in [0.25, 0.3) is 0 Å². The molecule has 4 nitrogen and oxygen atoms in total. The Balaban J connectivity index is 1.88. The van der Waals surface area contributed by atoms with Gasteiger partial charge in [0.1, 0.15) is 0 Å². The molecule has 18 heavy (non-hydrogen) atoms. The molecule has 0 aliphatic heterocycles. The van der Waals surface area contributed by atoms with E-state index in [9.17, 15) is 5.11 Å². The number of benzene rings is 1. The molecule has 0 saturated carbocycles. The average Bonchev–Trinajstić information content (AvgIpc) is 2.81. The Bertz CT molecular complexity index is 467. The molecule has 2 N–H and O–H groups in total. The highest BCUT2D eigenvalue weighted by atomic mass is 16.3. The molecule has 0 aliphatic rings. The molecular formula is C14H19N3O. The van der Waals surface area contributed by atoms with Crippen LogP contribution in [0, 0.1) is 0 Å². The molecule has 0 saturated heterocycles. The van der Waals surface area contributed by atoms with Crippen LogP contribution in [0.5, 0.6) is 0 Å². The molecule has 96 valence electrons. The highest BCUT2D eigenvalue weighted by Crippen LogP contribution is 2.04. The van der Waals surface area contributed by atoms with Gasteiger partial charge in [0.05, 0.1) is 18.6 Å². The Morgan fingerprint density at radius 3 is 2.72 bits per heavy atom. The van der Waals surface area contributed by atoms with Crippen LogP contribution in [0.3, 0.4) is 0 Å². The number of nitrogens with one attached hydrogen (secondary N) is 1. The van der Waals surface area contributed by atoms with E-state index < -0.39 is 0 Å². The minimum atomic E-state index is 0.0716. The van der Waals surface area contributed by atoms with E-state index in [1.54, 1.807) is 6.33 Å². The van der Waals surface area contributed by atoms with Crippen molar-refractivity contribution in [2.75, 3.05) is 6.61 Å². The van der Waals surface area contributed by atoms with Crippen molar-refractivity contribution in [2.45, 2.75) is 19.0 Å². The highest BCUT2D eigenvalue weighted by molar-refractivity contribution is 5.16. The fraction of sp³-hybridized carbons (Fsp3) is 0.357. The van der Waals surface area contributed by atoms with Crippen molar-refractivity contribution in [2.24, 2.45) is 7.05 Å². The van der Waals surface area contributed by atoms with Gasteiger partial charge in [-0.25, -0.2) is 4.98 Å². The lowest BCUT2D eigenvalue weighted by molar-refractivity contribution is 0.240. The molecule has 0 unspecified atom stereocenters. The fourth-order valence-electron chi connectivity index (χ4n) is 1.90. The van der Waals surface area contributed by atoms with Crippen molar-refractivity contribution in [3.05, 3.63) is 54.1 Å². The number of hydrogen-bond donors (Lipinski definition) is 2. The van der Waals surface area contributed by atoms with Crippen LogP contribution >= 0.6 is 0 Å².